The molecule has 0 saturated heterocycles. The van der Waals surface area contributed by atoms with Crippen molar-refractivity contribution < 1.29 is 19.2 Å². The molecule has 0 fully saturated rings. The zero-order valence-corrected chi connectivity index (χ0v) is 13.3. The van der Waals surface area contributed by atoms with Gasteiger partial charge < -0.3 is 10.1 Å². The zero-order valence-electron chi connectivity index (χ0n) is 13.3. The molecule has 24 heavy (non-hydrogen) atoms. The lowest BCUT2D eigenvalue weighted by Gasteiger charge is -2.34. The lowest BCUT2D eigenvalue weighted by Crippen LogP contribution is -2.47. The average molecular weight is 331 g/mol. The van der Waals surface area contributed by atoms with E-state index in [1.807, 2.05) is 0 Å². The van der Waals surface area contributed by atoms with Crippen LogP contribution in [-0.2, 0) is 9.53 Å². The molecule has 2 rings (SSSR count). The molecule has 0 aliphatic carbocycles. The number of amides is 2. The number of carbonyl (C=O) groups excluding carboxylic acids is 2. The van der Waals surface area contributed by atoms with Crippen molar-refractivity contribution in [3.05, 3.63) is 63.9 Å². The van der Waals surface area contributed by atoms with Gasteiger partial charge in [-0.2, -0.15) is 0 Å². The van der Waals surface area contributed by atoms with Crippen LogP contribution in [0.4, 0.5) is 10.5 Å². The van der Waals surface area contributed by atoms with Crippen molar-refractivity contribution >= 4 is 17.7 Å². The number of esters is 1. The number of nitrogens with zero attached hydrogens (tertiary/aromatic N) is 2. The number of nitro benzene ring substituents is 1. The summed E-state index contributed by atoms with van der Waals surface area (Å²) >= 11 is 0. The zero-order chi connectivity index (χ0) is 17.9. The maximum absolute atomic E-state index is 12.3. The molecule has 1 atom stereocenters. The van der Waals surface area contributed by atoms with E-state index in [4.69, 9.17) is 4.74 Å². The van der Waals surface area contributed by atoms with Gasteiger partial charge in [0.25, 0.3) is 5.69 Å². The van der Waals surface area contributed by atoms with Crippen molar-refractivity contribution in [1.82, 2.24) is 10.2 Å². The summed E-state index contributed by atoms with van der Waals surface area (Å²) in [5.74, 6) is -0.579. The second-order valence-corrected chi connectivity index (χ2v) is 5.12. The number of carbonyl (C=O) groups is 2. The van der Waals surface area contributed by atoms with Gasteiger partial charge >= 0.3 is 12.0 Å². The first-order valence-corrected chi connectivity index (χ1v) is 7.13. The minimum absolute atomic E-state index is 0.0745. The first kappa shape index (κ1) is 17.2. The van der Waals surface area contributed by atoms with Gasteiger partial charge in [-0.05, 0) is 24.6 Å². The molecule has 126 valence electrons. The highest BCUT2D eigenvalue weighted by atomic mass is 16.6. The predicted octanol–water partition coefficient (Wildman–Crippen LogP) is 2.29. The molecule has 1 N–H and O–H groups in total. The van der Waals surface area contributed by atoms with E-state index in [0.29, 0.717) is 11.3 Å². The van der Waals surface area contributed by atoms with E-state index < -0.39 is 16.9 Å². The van der Waals surface area contributed by atoms with Crippen LogP contribution < -0.4 is 5.32 Å². The summed E-state index contributed by atoms with van der Waals surface area (Å²) in [6.07, 6.45) is 1.55. The second-order valence-electron chi connectivity index (χ2n) is 5.12. The van der Waals surface area contributed by atoms with Gasteiger partial charge in [-0.15, -0.1) is 6.58 Å². The Morgan fingerprint density at radius 2 is 2.08 bits per heavy atom. The molecule has 1 heterocycles. The Bertz CT molecular complexity index is 724. The van der Waals surface area contributed by atoms with Crippen LogP contribution in [0.25, 0.3) is 0 Å². The van der Waals surface area contributed by atoms with Crippen molar-refractivity contribution in [2.45, 2.75) is 13.0 Å². The Morgan fingerprint density at radius 1 is 1.46 bits per heavy atom. The molecule has 0 aromatic heterocycles. The fourth-order valence-electron chi connectivity index (χ4n) is 2.54. The predicted molar refractivity (Wildman–Crippen MR) is 86.0 cm³/mol. The van der Waals surface area contributed by atoms with E-state index in [-0.39, 0.29) is 23.8 Å². The third-order valence-electron chi connectivity index (χ3n) is 3.75. The number of non-ortho nitro benzene ring substituents is 1. The third kappa shape index (κ3) is 3.12. The first-order valence-electron chi connectivity index (χ1n) is 7.13. The molecule has 8 heteroatoms. The molecule has 2 amide bonds. The maximum Gasteiger partial charge on any atom is 0.337 e. The van der Waals surface area contributed by atoms with Crippen LogP contribution in [0, 0.1) is 10.1 Å². The van der Waals surface area contributed by atoms with E-state index >= 15 is 0 Å². The third-order valence-corrected chi connectivity index (χ3v) is 3.75. The summed E-state index contributed by atoms with van der Waals surface area (Å²) in [7, 11) is 1.25. The van der Waals surface area contributed by atoms with Gasteiger partial charge in [0.15, 0.2) is 0 Å². The van der Waals surface area contributed by atoms with E-state index in [9.17, 15) is 19.7 Å². The lowest BCUT2D eigenvalue weighted by molar-refractivity contribution is -0.384. The molecule has 8 nitrogen and oxygen atoms in total. The Morgan fingerprint density at radius 3 is 2.58 bits per heavy atom. The van der Waals surface area contributed by atoms with Gasteiger partial charge in [0.05, 0.1) is 23.6 Å². The summed E-state index contributed by atoms with van der Waals surface area (Å²) in [6, 6.07) is 4.52. The summed E-state index contributed by atoms with van der Waals surface area (Å²) in [5, 5.41) is 13.5. The average Bonchev–Trinajstić information content (AvgIpc) is 2.57. The number of hydrogen-bond acceptors (Lipinski definition) is 5. The largest absolute Gasteiger partial charge is 0.466 e. The molecule has 0 unspecified atom stereocenters. The number of nitro groups is 1. The molecule has 0 saturated carbocycles. The van der Waals surface area contributed by atoms with E-state index in [1.165, 1.54) is 36.3 Å². The maximum atomic E-state index is 12.3. The van der Waals surface area contributed by atoms with Gasteiger partial charge in [-0.25, -0.2) is 9.59 Å². The molecule has 1 aromatic rings. The van der Waals surface area contributed by atoms with E-state index in [2.05, 4.69) is 11.9 Å². The molecule has 1 aliphatic heterocycles. The fraction of sp³-hybridized carbons (Fsp3) is 0.250. The molecule has 1 aromatic carbocycles. The van der Waals surface area contributed by atoms with Gasteiger partial charge in [0.1, 0.15) is 0 Å². The second kappa shape index (κ2) is 6.95. The topological polar surface area (TPSA) is 102 Å². The van der Waals surface area contributed by atoms with Crippen LogP contribution in [0.15, 0.2) is 48.2 Å². The van der Waals surface area contributed by atoms with Gasteiger partial charge in [0, 0.05) is 24.4 Å². The number of ether oxygens (including phenoxy) is 1. The number of benzene rings is 1. The lowest BCUT2D eigenvalue weighted by atomic mass is 9.94. The number of nitrogens with one attached hydrogen (secondary N) is 1. The van der Waals surface area contributed by atoms with Crippen LogP contribution in [0.2, 0.25) is 0 Å². The smallest absolute Gasteiger partial charge is 0.337 e. The molecule has 0 spiro atoms. The summed E-state index contributed by atoms with van der Waals surface area (Å²) in [6.45, 7) is 5.48. The van der Waals surface area contributed by atoms with Crippen molar-refractivity contribution in [1.29, 1.82) is 0 Å². The first-order chi connectivity index (χ1) is 11.4. The number of urea groups is 1. The summed E-state index contributed by atoms with van der Waals surface area (Å²) in [5.41, 5.74) is 1.20. The Kier molecular flexibility index (Phi) is 4.98. The summed E-state index contributed by atoms with van der Waals surface area (Å²) < 4.78 is 4.83. The molecular weight excluding hydrogens is 314 g/mol. The normalized spacial score (nSPS) is 17.3. The minimum atomic E-state index is -0.744. The SMILES string of the molecule is C=CCN1C(=O)N[C@H](c2ccc([N+](=O)[O-])cc2)C(C(=O)OC)=C1C. The number of rotatable bonds is 5. The van der Waals surface area contributed by atoms with Crippen molar-refractivity contribution in [3.8, 4) is 0 Å². The monoisotopic (exact) mass is 331 g/mol. The van der Waals surface area contributed by atoms with Gasteiger partial charge in [-0.3, -0.25) is 15.0 Å². The van der Waals surface area contributed by atoms with Crippen molar-refractivity contribution in [2.75, 3.05) is 13.7 Å². The quantitative estimate of drug-likeness (QED) is 0.386. The highest BCUT2D eigenvalue weighted by Crippen LogP contribution is 2.31. The van der Waals surface area contributed by atoms with Crippen LogP contribution in [0.1, 0.15) is 18.5 Å². The Labute approximate surface area is 138 Å². The molecule has 1 aliphatic rings. The Hall–Kier alpha value is -3.16. The standard InChI is InChI=1S/C16H17N3O5/c1-4-9-18-10(2)13(15(20)24-3)14(17-16(18)21)11-5-7-12(8-6-11)19(22)23/h4-8,14H,1,9H2,2-3H3,(H,17,21)/t14-/m1/s1. The molecular formula is C16H17N3O5. The van der Waals surface area contributed by atoms with Crippen LogP contribution >= 0.6 is 0 Å². The van der Waals surface area contributed by atoms with Crippen LogP contribution in [0.5, 0.6) is 0 Å². The van der Waals surface area contributed by atoms with Crippen molar-refractivity contribution in [2.24, 2.45) is 0 Å². The van der Waals surface area contributed by atoms with Crippen LogP contribution in [-0.4, -0.2) is 35.5 Å². The Balaban J connectivity index is 2.50. The van der Waals surface area contributed by atoms with Crippen molar-refractivity contribution in [3.63, 3.8) is 0 Å². The minimum Gasteiger partial charge on any atom is -0.466 e. The number of hydrogen-bond donors (Lipinski definition) is 1. The summed E-state index contributed by atoms with van der Waals surface area (Å²) in [4.78, 5) is 36.1. The molecule has 0 radical (unpaired) electrons. The number of allylic oxidation sites excluding steroid dienone is 1. The fourth-order valence-corrected chi connectivity index (χ4v) is 2.54. The van der Waals surface area contributed by atoms with E-state index in [0.717, 1.165) is 0 Å². The molecule has 0 bridgehead atoms. The van der Waals surface area contributed by atoms with Gasteiger partial charge in [0.2, 0.25) is 0 Å². The highest BCUT2D eigenvalue weighted by molar-refractivity contribution is 5.95. The highest BCUT2D eigenvalue weighted by Gasteiger charge is 2.35. The van der Waals surface area contributed by atoms with E-state index in [1.54, 1.807) is 13.0 Å². The van der Waals surface area contributed by atoms with Gasteiger partial charge in [-0.1, -0.05) is 6.08 Å². The van der Waals surface area contributed by atoms with Crippen LogP contribution in [0.3, 0.4) is 0 Å². The number of methoxy groups -OCH3 is 1.